The maximum absolute atomic E-state index is 13.0. The summed E-state index contributed by atoms with van der Waals surface area (Å²) in [6.07, 6.45) is 0. The summed E-state index contributed by atoms with van der Waals surface area (Å²) >= 11 is 7.81. The number of aromatic nitrogens is 3. The van der Waals surface area contributed by atoms with E-state index in [1.165, 1.54) is 0 Å². The molecule has 8 heteroatoms. The normalized spacial score (nSPS) is 10.7. The summed E-state index contributed by atoms with van der Waals surface area (Å²) in [6.45, 7) is 4.00. The van der Waals surface area contributed by atoms with Crippen molar-refractivity contribution in [3.05, 3.63) is 75.2 Å². The zero-order valence-corrected chi connectivity index (χ0v) is 17.3. The molecule has 0 aliphatic rings. The van der Waals surface area contributed by atoms with Crippen LogP contribution in [0.2, 0.25) is 5.02 Å². The molecule has 0 saturated carbocycles. The molecule has 2 aromatic carbocycles. The average Bonchev–Trinajstić information content (AvgIpc) is 2.71. The van der Waals surface area contributed by atoms with E-state index in [0.29, 0.717) is 22.6 Å². The Bertz CT molecular complexity index is 995. The van der Waals surface area contributed by atoms with Gasteiger partial charge in [-0.1, -0.05) is 42.8 Å². The lowest BCUT2D eigenvalue weighted by Gasteiger charge is -2.15. The van der Waals surface area contributed by atoms with E-state index in [0.717, 1.165) is 17.0 Å². The number of anilines is 2. The van der Waals surface area contributed by atoms with Gasteiger partial charge in [0.2, 0.25) is 5.95 Å². The van der Waals surface area contributed by atoms with E-state index in [9.17, 15) is 4.79 Å². The van der Waals surface area contributed by atoms with E-state index >= 15 is 0 Å². The third-order valence-electron chi connectivity index (χ3n) is 4.07. The van der Waals surface area contributed by atoms with Crippen molar-refractivity contribution < 1.29 is 4.74 Å². The predicted octanol–water partition coefficient (Wildman–Crippen LogP) is 4.63. The molecule has 0 bridgehead atoms. The van der Waals surface area contributed by atoms with Crippen molar-refractivity contribution in [2.45, 2.75) is 26.3 Å². The highest BCUT2D eigenvalue weighted by Crippen LogP contribution is 2.25. The van der Waals surface area contributed by atoms with Gasteiger partial charge in [0.25, 0.3) is 5.56 Å². The van der Waals surface area contributed by atoms with Crippen molar-refractivity contribution in [2.75, 3.05) is 11.1 Å². The van der Waals surface area contributed by atoms with Crippen LogP contribution in [0.3, 0.4) is 0 Å². The molecule has 146 valence electrons. The second-order valence-electron chi connectivity index (χ2n) is 5.96. The molecule has 3 aromatic rings. The van der Waals surface area contributed by atoms with Crippen molar-refractivity contribution in [1.82, 2.24) is 14.8 Å². The SMILES string of the molecule is CCSCn1c(Nc2cccc(Cl)c2C)nnc(COc2ccccc2)c1=O. The van der Waals surface area contributed by atoms with Crippen molar-refractivity contribution in [3.63, 3.8) is 0 Å². The topological polar surface area (TPSA) is 69.0 Å². The van der Waals surface area contributed by atoms with Gasteiger partial charge in [-0.2, -0.15) is 0 Å². The molecule has 6 nitrogen and oxygen atoms in total. The Kier molecular flexibility index (Phi) is 6.95. The van der Waals surface area contributed by atoms with Gasteiger partial charge in [0.15, 0.2) is 5.69 Å². The van der Waals surface area contributed by atoms with Crippen molar-refractivity contribution in [1.29, 1.82) is 0 Å². The number of thioether (sulfide) groups is 1. The molecule has 3 rings (SSSR count). The van der Waals surface area contributed by atoms with Gasteiger partial charge in [-0.3, -0.25) is 9.36 Å². The molecule has 0 unspecified atom stereocenters. The molecule has 0 aliphatic heterocycles. The number of rotatable bonds is 8. The number of hydrogen-bond acceptors (Lipinski definition) is 6. The van der Waals surface area contributed by atoms with E-state index in [4.69, 9.17) is 16.3 Å². The van der Waals surface area contributed by atoms with Crippen LogP contribution in [0.1, 0.15) is 18.2 Å². The van der Waals surface area contributed by atoms with Crippen LogP contribution in [0.15, 0.2) is 53.3 Å². The summed E-state index contributed by atoms with van der Waals surface area (Å²) in [5.74, 6) is 2.39. The van der Waals surface area contributed by atoms with Crippen LogP contribution in [-0.2, 0) is 12.5 Å². The molecule has 0 saturated heterocycles. The van der Waals surface area contributed by atoms with Crippen molar-refractivity contribution >= 4 is 35.0 Å². The molecular formula is C20H21ClN4O2S. The number of benzene rings is 2. The van der Waals surface area contributed by atoms with Gasteiger partial charge in [-0.15, -0.1) is 22.0 Å². The quantitative estimate of drug-likeness (QED) is 0.577. The van der Waals surface area contributed by atoms with Gasteiger partial charge < -0.3 is 10.1 Å². The molecule has 1 aromatic heterocycles. The van der Waals surface area contributed by atoms with E-state index in [1.54, 1.807) is 16.3 Å². The van der Waals surface area contributed by atoms with Gasteiger partial charge in [-0.05, 0) is 42.5 Å². The van der Waals surface area contributed by atoms with Gasteiger partial charge >= 0.3 is 0 Å². The zero-order valence-electron chi connectivity index (χ0n) is 15.7. The highest BCUT2D eigenvalue weighted by molar-refractivity contribution is 7.98. The van der Waals surface area contributed by atoms with Crippen LogP contribution in [0.5, 0.6) is 5.75 Å². The fourth-order valence-electron chi connectivity index (χ4n) is 2.47. The number of nitrogens with zero attached hydrogens (tertiary/aromatic N) is 3. The van der Waals surface area contributed by atoms with Gasteiger partial charge in [-0.25, -0.2) is 0 Å². The second kappa shape index (κ2) is 9.61. The summed E-state index contributed by atoms with van der Waals surface area (Å²) in [6, 6.07) is 14.9. The van der Waals surface area contributed by atoms with Crippen molar-refractivity contribution in [2.24, 2.45) is 0 Å². The number of halogens is 1. The minimum Gasteiger partial charge on any atom is -0.487 e. The minimum atomic E-state index is -0.228. The summed E-state index contributed by atoms with van der Waals surface area (Å²) in [4.78, 5) is 13.0. The van der Waals surface area contributed by atoms with Crippen LogP contribution in [0, 0.1) is 6.92 Å². The Morgan fingerprint density at radius 2 is 1.93 bits per heavy atom. The van der Waals surface area contributed by atoms with E-state index < -0.39 is 0 Å². The fraction of sp³-hybridized carbons (Fsp3) is 0.250. The summed E-state index contributed by atoms with van der Waals surface area (Å²) in [7, 11) is 0. The molecule has 1 heterocycles. The van der Waals surface area contributed by atoms with Crippen LogP contribution < -0.4 is 15.6 Å². The summed E-state index contributed by atoms with van der Waals surface area (Å²) in [5.41, 5.74) is 1.69. The highest BCUT2D eigenvalue weighted by atomic mass is 35.5. The van der Waals surface area contributed by atoms with Gasteiger partial charge in [0, 0.05) is 10.7 Å². The Morgan fingerprint density at radius 1 is 1.14 bits per heavy atom. The Morgan fingerprint density at radius 3 is 2.68 bits per heavy atom. The fourth-order valence-corrected chi connectivity index (χ4v) is 3.25. The molecule has 0 aliphatic carbocycles. The third-order valence-corrected chi connectivity index (χ3v) is 5.33. The van der Waals surface area contributed by atoms with Crippen LogP contribution in [0.25, 0.3) is 0 Å². The lowest BCUT2D eigenvalue weighted by Crippen LogP contribution is -2.29. The summed E-state index contributed by atoms with van der Waals surface area (Å²) < 4.78 is 7.24. The molecule has 0 atom stereocenters. The number of nitrogens with one attached hydrogen (secondary N) is 1. The van der Waals surface area contributed by atoms with Crippen LogP contribution >= 0.6 is 23.4 Å². The molecule has 0 spiro atoms. The number of hydrogen-bond donors (Lipinski definition) is 1. The second-order valence-corrected chi connectivity index (χ2v) is 7.62. The third kappa shape index (κ3) is 4.85. The first-order valence-electron chi connectivity index (χ1n) is 8.84. The largest absolute Gasteiger partial charge is 0.487 e. The molecule has 1 N–H and O–H groups in total. The van der Waals surface area contributed by atoms with Crippen molar-refractivity contribution in [3.8, 4) is 5.75 Å². The Hall–Kier alpha value is -2.51. The highest BCUT2D eigenvalue weighted by Gasteiger charge is 2.14. The standard InChI is InChI=1S/C20H21ClN4O2S/c1-3-28-13-25-19(26)18(12-27-15-8-5-4-6-9-15)23-24-20(25)22-17-11-7-10-16(21)14(17)2/h4-11H,3,12-13H2,1-2H3,(H,22,24). The smallest absolute Gasteiger partial charge is 0.281 e. The number of ether oxygens (including phenoxy) is 1. The maximum atomic E-state index is 13.0. The molecular weight excluding hydrogens is 396 g/mol. The van der Waals surface area contributed by atoms with Crippen LogP contribution in [-0.4, -0.2) is 20.5 Å². The van der Waals surface area contributed by atoms with E-state index in [1.807, 2.05) is 62.4 Å². The summed E-state index contributed by atoms with van der Waals surface area (Å²) in [5, 5.41) is 12.2. The number of para-hydroxylation sites is 1. The first kappa shape index (κ1) is 20.2. The Labute approximate surface area is 172 Å². The first-order chi connectivity index (χ1) is 13.6. The van der Waals surface area contributed by atoms with E-state index in [2.05, 4.69) is 15.5 Å². The van der Waals surface area contributed by atoms with Gasteiger partial charge in [0.05, 0.1) is 5.88 Å². The zero-order chi connectivity index (χ0) is 19.9. The van der Waals surface area contributed by atoms with E-state index in [-0.39, 0.29) is 17.9 Å². The molecule has 0 amide bonds. The molecule has 28 heavy (non-hydrogen) atoms. The lowest BCUT2D eigenvalue weighted by molar-refractivity contribution is 0.296. The molecule has 0 radical (unpaired) electrons. The monoisotopic (exact) mass is 416 g/mol. The average molecular weight is 417 g/mol. The maximum Gasteiger partial charge on any atom is 0.281 e. The minimum absolute atomic E-state index is 0.0586. The Balaban J connectivity index is 1.88. The first-order valence-corrected chi connectivity index (χ1v) is 10.4. The predicted molar refractivity (Wildman–Crippen MR) is 115 cm³/mol. The molecule has 0 fully saturated rings. The lowest BCUT2D eigenvalue weighted by atomic mass is 10.2. The van der Waals surface area contributed by atoms with Gasteiger partial charge in [0.1, 0.15) is 12.4 Å². The van der Waals surface area contributed by atoms with Crippen LogP contribution in [0.4, 0.5) is 11.6 Å².